The highest BCUT2D eigenvalue weighted by Crippen LogP contribution is 2.42. The number of hydrogen-bond acceptors (Lipinski definition) is 4. The van der Waals surface area contributed by atoms with E-state index in [1.165, 1.54) is 21.5 Å². The van der Waals surface area contributed by atoms with Crippen LogP contribution < -0.4 is 0 Å². The third-order valence-electron chi connectivity index (χ3n) is 10.4. The third-order valence-corrected chi connectivity index (χ3v) is 10.4. The van der Waals surface area contributed by atoms with Gasteiger partial charge in [0.25, 0.3) is 0 Å². The number of aromatic nitrogens is 4. The molecule has 5 nitrogen and oxygen atoms in total. The average molecular weight is 691 g/mol. The number of hydrogen-bond donors (Lipinski definition) is 0. The highest BCUT2D eigenvalue weighted by molar-refractivity contribution is 6.17. The van der Waals surface area contributed by atoms with Gasteiger partial charge in [0, 0.05) is 38.2 Å². The Kier molecular flexibility index (Phi) is 6.79. The number of nitrogens with zero attached hydrogens (tertiary/aromatic N) is 4. The average Bonchev–Trinajstić information content (AvgIpc) is 3.79. The summed E-state index contributed by atoms with van der Waals surface area (Å²) in [6, 6.07) is 63.2. The Labute approximate surface area is 310 Å². The van der Waals surface area contributed by atoms with E-state index < -0.39 is 0 Å². The van der Waals surface area contributed by atoms with Gasteiger partial charge in [-0.1, -0.05) is 152 Å². The van der Waals surface area contributed by atoms with Crippen LogP contribution in [0.1, 0.15) is 0 Å². The van der Waals surface area contributed by atoms with E-state index in [2.05, 4.69) is 138 Å². The maximum absolute atomic E-state index is 6.85. The largest absolute Gasteiger partial charge is 0.454 e. The van der Waals surface area contributed by atoms with Crippen LogP contribution in [0.4, 0.5) is 0 Å². The molecule has 0 aliphatic heterocycles. The molecule has 0 N–H and O–H groups in total. The summed E-state index contributed by atoms with van der Waals surface area (Å²) in [4.78, 5) is 15.3. The minimum atomic E-state index is 0.591. The van der Waals surface area contributed by atoms with Gasteiger partial charge in [-0.15, -0.1) is 0 Å². The van der Waals surface area contributed by atoms with Crippen molar-refractivity contribution in [3.8, 4) is 51.0 Å². The van der Waals surface area contributed by atoms with Crippen molar-refractivity contribution in [2.45, 2.75) is 0 Å². The Morgan fingerprint density at radius 1 is 0.389 bits per heavy atom. The molecule has 0 aliphatic carbocycles. The lowest BCUT2D eigenvalue weighted by molar-refractivity contribution is 0.666. The Hall–Kier alpha value is -7.37. The van der Waals surface area contributed by atoms with Crippen LogP contribution in [0.5, 0.6) is 0 Å². The lowest BCUT2D eigenvalue weighted by Gasteiger charge is -2.10. The molecule has 5 heteroatoms. The van der Waals surface area contributed by atoms with Gasteiger partial charge in [0.05, 0.1) is 16.7 Å². The van der Waals surface area contributed by atoms with Crippen LogP contribution in [-0.2, 0) is 0 Å². The molecule has 0 atom stereocenters. The highest BCUT2D eigenvalue weighted by atomic mass is 16.3. The summed E-state index contributed by atoms with van der Waals surface area (Å²) in [5.74, 6) is 1.82. The Morgan fingerprint density at radius 3 is 1.74 bits per heavy atom. The van der Waals surface area contributed by atoms with Gasteiger partial charge in [-0.05, 0) is 52.2 Å². The first kappa shape index (κ1) is 30.3. The second-order valence-corrected chi connectivity index (χ2v) is 13.6. The van der Waals surface area contributed by atoms with E-state index in [1.54, 1.807) is 0 Å². The Morgan fingerprint density at radius 2 is 0.963 bits per heavy atom. The van der Waals surface area contributed by atoms with Crippen molar-refractivity contribution in [1.82, 2.24) is 19.5 Å². The van der Waals surface area contributed by atoms with E-state index in [-0.39, 0.29) is 0 Å². The number of fused-ring (bicyclic) bond motifs is 7. The van der Waals surface area contributed by atoms with Crippen LogP contribution in [0.25, 0.3) is 105 Å². The molecule has 11 rings (SSSR count). The molecular weight excluding hydrogens is 661 g/mol. The first-order chi connectivity index (χ1) is 26.8. The molecule has 3 aromatic heterocycles. The molecule has 54 heavy (non-hydrogen) atoms. The first-order valence-corrected chi connectivity index (χ1v) is 18.1. The molecule has 8 aromatic carbocycles. The third kappa shape index (κ3) is 4.83. The van der Waals surface area contributed by atoms with Crippen molar-refractivity contribution in [3.63, 3.8) is 0 Å². The quantitative estimate of drug-likeness (QED) is 0.180. The van der Waals surface area contributed by atoms with Crippen LogP contribution in [0, 0.1) is 0 Å². The molecule has 0 saturated carbocycles. The molecule has 252 valence electrons. The molecule has 3 heterocycles. The summed E-state index contributed by atoms with van der Waals surface area (Å²) in [5.41, 5.74) is 9.86. The predicted octanol–water partition coefficient (Wildman–Crippen LogP) is 12.7. The normalized spacial score (nSPS) is 11.7. The van der Waals surface area contributed by atoms with Crippen molar-refractivity contribution < 1.29 is 4.42 Å². The van der Waals surface area contributed by atoms with Gasteiger partial charge in [0.15, 0.2) is 23.1 Å². The molecular formula is C49H30N4O. The van der Waals surface area contributed by atoms with E-state index in [0.29, 0.717) is 17.5 Å². The number of benzene rings is 8. The molecule has 0 fully saturated rings. The first-order valence-electron chi connectivity index (χ1n) is 18.1. The topological polar surface area (TPSA) is 56.7 Å². The molecule has 0 amide bonds. The highest BCUT2D eigenvalue weighted by Gasteiger charge is 2.21. The molecule has 0 unspecified atom stereocenters. The minimum absolute atomic E-state index is 0.591. The zero-order valence-electron chi connectivity index (χ0n) is 29.0. The molecule has 0 saturated heterocycles. The van der Waals surface area contributed by atoms with E-state index in [9.17, 15) is 0 Å². The van der Waals surface area contributed by atoms with Gasteiger partial charge in [-0.2, -0.15) is 0 Å². The number of rotatable bonds is 5. The lowest BCUT2D eigenvalue weighted by atomic mass is 10.0. The van der Waals surface area contributed by atoms with Gasteiger partial charge in [0.2, 0.25) is 0 Å². The van der Waals surface area contributed by atoms with E-state index in [1.807, 2.05) is 48.5 Å². The van der Waals surface area contributed by atoms with E-state index >= 15 is 0 Å². The molecule has 0 aliphatic rings. The molecule has 0 spiro atoms. The fourth-order valence-corrected chi connectivity index (χ4v) is 7.89. The van der Waals surface area contributed by atoms with Crippen molar-refractivity contribution in [2.75, 3.05) is 0 Å². The van der Waals surface area contributed by atoms with E-state index in [4.69, 9.17) is 19.4 Å². The fraction of sp³-hybridized carbons (Fsp3) is 0. The van der Waals surface area contributed by atoms with Crippen LogP contribution in [-0.4, -0.2) is 19.5 Å². The van der Waals surface area contributed by atoms with Gasteiger partial charge >= 0.3 is 0 Å². The molecule has 0 radical (unpaired) electrons. The standard InChI is InChI=1S/C49H30N4O/c1-3-13-31(14-4-1)32-25-27-34(28-26-32)48-50-47(33-15-5-2-6-16-33)51-49(52-48)39-21-12-24-44-45(39)38-20-11-23-42(46(38)54-44)53-41-22-10-9-19-37(41)40-29-35-17-7-8-18-36(35)30-43(40)53/h1-30H. The fourth-order valence-electron chi connectivity index (χ4n) is 7.89. The maximum atomic E-state index is 6.85. The molecule has 11 aromatic rings. The van der Waals surface area contributed by atoms with E-state index in [0.717, 1.165) is 66.5 Å². The maximum Gasteiger partial charge on any atom is 0.164 e. The minimum Gasteiger partial charge on any atom is -0.454 e. The summed E-state index contributed by atoms with van der Waals surface area (Å²) in [7, 11) is 0. The van der Waals surface area contributed by atoms with Gasteiger partial charge in [-0.3, -0.25) is 0 Å². The summed E-state index contributed by atoms with van der Waals surface area (Å²) in [5, 5.41) is 6.80. The second-order valence-electron chi connectivity index (χ2n) is 13.6. The molecule has 0 bridgehead atoms. The van der Waals surface area contributed by atoms with Crippen molar-refractivity contribution >= 4 is 54.5 Å². The SMILES string of the molecule is c1ccc(-c2ccc(-c3nc(-c4ccccc4)nc(-c4cccc5oc6c(-n7c8ccccc8c8cc9ccccc9cc87)cccc6c45)n3)cc2)cc1. The summed E-state index contributed by atoms with van der Waals surface area (Å²) >= 11 is 0. The smallest absolute Gasteiger partial charge is 0.164 e. The summed E-state index contributed by atoms with van der Waals surface area (Å²) in [6.07, 6.45) is 0. The van der Waals surface area contributed by atoms with Crippen LogP contribution in [0.2, 0.25) is 0 Å². The summed E-state index contributed by atoms with van der Waals surface area (Å²) < 4.78 is 9.19. The van der Waals surface area contributed by atoms with Crippen LogP contribution in [0.15, 0.2) is 186 Å². The van der Waals surface area contributed by atoms with Crippen molar-refractivity contribution in [1.29, 1.82) is 0 Å². The number of furan rings is 1. The Bertz CT molecular complexity index is 3200. The monoisotopic (exact) mass is 690 g/mol. The van der Waals surface area contributed by atoms with Gasteiger partial charge < -0.3 is 8.98 Å². The zero-order chi connectivity index (χ0) is 35.6. The van der Waals surface area contributed by atoms with Gasteiger partial charge in [-0.25, -0.2) is 15.0 Å². The summed E-state index contributed by atoms with van der Waals surface area (Å²) in [6.45, 7) is 0. The predicted molar refractivity (Wildman–Crippen MR) is 221 cm³/mol. The lowest BCUT2D eigenvalue weighted by Crippen LogP contribution is -2.00. The Balaban J connectivity index is 1.13. The van der Waals surface area contributed by atoms with Gasteiger partial charge in [0.1, 0.15) is 5.58 Å². The van der Waals surface area contributed by atoms with Crippen molar-refractivity contribution in [3.05, 3.63) is 182 Å². The van der Waals surface area contributed by atoms with Crippen LogP contribution in [0.3, 0.4) is 0 Å². The van der Waals surface area contributed by atoms with Crippen LogP contribution >= 0.6 is 0 Å². The second kappa shape index (κ2) is 12.1. The van der Waals surface area contributed by atoms with Crippen molar-refractivity contribution in [2.24, 2.45) is 0 Å². The number of para-hydroxylation sites is 2. The zero-order valence-corrected chi connectivity index (χ0v) is 29.0.